The normalized spacial score (nSPS) is 10.0. The van der Waals surface area contributed by atoms with Gasteiger partial charge in [0.25, 0.3) is 0 Å². The maximum Gasteiger partial charge on any atom is 0.0233 e. The average molecular weight is 398 g/mol. The summed E-state index contributed by atoms with van der Waals surface area (Å²) in [5, 5.41) is 0. The van der Waals surface area contributed by atoms with Crippen LogP contribution >= 0.6 is 31.9 Å². The lowest BCUT2D eigenvalue weighted by atomic mass is 10.1. The average Bonchev–Trinajstić information content (AvgIpc) is 2.33. The SMILES string of the molecule is Cc1cc(C)c(Br)c(C)c1.Cc1cc(C)c(Br)c(C)c1. The van der Waals surface area contributed by atoms with Crippen molar-refractivity contribution in [1.82, 2.24) is 0 Å². The Kier molecular flexibility index (Phi) is 6.47. The lowest BCUT2D eigenvalue weighted by molar-refractivity contribution is 1.29. The molecule has 0 aliphatic heterocycles. The van der Waals surface area contributed by atoms with Gasteiger partial charge in [-0.15, -0.1) is 0 Å². The summed E-state index contributed by atoms with van der Waals surface area (Å²) < 4.78 is 2.47. The molecule has 0 nitrogen and oxygen atoms in total. The van der Waals surface area contributed by atoms with Gasteiger partial charge in [0.05, 0.1) is 0 Å². The summed E-state index contributed by atoms with van der Waals surface area (Å²) in [5.41, 5.74) is 7.93. The molecule has 0 spiro atoms. The van der Waals surface area contributed by atoms with Crippen LogP contribution in [0.15, 0.2) is 33.2 Å². The number of hydrogen-bond donors (Lipinski definition) is 0. The molecular formula is C18H22Br2. The van der Waals surface area contributed by atoms with E-state index in [0.29, 0.717) is 0 Å². The number of benzene rings is 2. The maximum atomic E-state index is 3.51. The molecule has 0 aromatic heterocycles. The second-order valence-corrected chi connectivity index (χ2v) is 7.01. The van der Waals surface area contributed by atoms with E-state index in [0.717, 1.165) is 0 Å². The van der Waals surface area contributed by atoms with Crippen LogP contribution in [-0.4, -0.2) is 0 Å². The van der Waals surface area contributed by atoms with Crippen LogP contribution in [0.25, 0.3) is 0 Å². The van der Waals surface area contributed by atoms with Crippen LogP contribution < -0.4 is 0 Å². The van der Waals surface area contributed by atoms with E-state index in [4.69, 9.17) is 0 Å². The van der Waals surface area contributed by atoms with Crippen LogP contribution in [-0.2, 0) is 0 Å². The Morgan fingerprint density at radius 1 is 0.500 bits per heavy atom. The van der Waals surface area contributed by atoms with E-state index in [1.165, 1.54) is 42.3 Å². The summed E-state index contributed by atoms with van der Waals surface area (Å²) >= 11 is 7.03. The second-order valence-electron chi connectivity index (χ2n) is 5.43. The van der Waals surface area contributed by atoms with E-state index in [1.54, 1.807) is 0 Å². The molecule has 0 bridgehead atoms. The van der Waals surface area contributed by atoms with Crippen molar-refractivity contribution in [2.75, 3.05) is 0 Å². The highest BCUT2D eigenvalue weighted by atomic mass is 79.9. The molecule has 0 amide bonds. The van der Waals surface area contributed by atoms with Crippen molar-refractivity contribution in [2.45, 2.75) is 41.5 Å². The third-order valence-corrected chi connectivity index (χ3v) is 5.66. The summed E-state index contributed by atoms with van der Waals surface area (Å²) in [6.07, 6.45) is 0. The van der Waals surface area contributed by atoms with Gasteiger partial charge in [0.15, 0.2) is 0 Å². The first kappa shape index (κ1) is 17.5. The zero-order valence-electron chi connectivity index (χ0n) is 13.1. The van der Waals surface area contributed by atoms with Crippen LogP contribution in [0.3, 0.4) is 0 Å². The molecule has 0 unspecified atom stereocenters. The van der Waals surface area contributed by atoms with Crippen LogP contribution in [0.2, 0.25) is 0 Å². The largest absolute Gasteiger partial charge is 0.0552 e. The minimum absolute atomic E-state index is 1.23. The Labute approximate surface area is 139 Å². The minimum atomic E-state index is 1.23. The Morgan fingerprint density at radius 2 is 0.700 bits per heavy atom. The summed E-state index contributed by atoms with van der Waals surface area (Å²) in [6.45, 7) is 12.7. The number of halogens is 2. The van der Waals surface area contributed by atoms with Gasteiger partial charge in [0.1, 0.15) is 0 Å². The maximum absolute atomic E-state index is 3.51. The van der Waals surface area contributed by atoms with Crippen molar-refractivity contribution >= 4 is 31.9 Å². The fraction of sp³-hybridized carbons (Fsp3) is 0.333. The van der Waals surface area contributed by atoms with Gasteiger partial charge in [0.2, 0.25) is 0 Å². The summed E-state index contributed by atoms with van der Waals surface area (Å²) in [7, 11) is 0. The van der Waals surface area contributed by atoms with Crippen LogP contribution in [0, 0.1) is 41.5 Å². The molecule has 0 N–H and O–H groups in total. The van der Waals surface area contributed by atoms with Crippen LogP contribution in [0.1, 0.15) is 33.4 Å². The Hall–Kier alpha value is -0.600. The highest BCUT2D eigenvalue weighted by molar-refractivity contribution is 9.10. The molecule has 20 heavy (non-hydrogen) atoms. The summed E-state index contributed by atoms with van der Waals surface area (Å²) in [4.78, 5) is 0. The van der Waals surface area contributed by atoms with E-state index in [-0.39, 0.29) is 0 Å². The molecule has 0 atom stereocenters. The van der Waals surface area contributed by atoms with Gasteiger partial charge in [-0.1, -0.05) is 67.3 Å². The van der Waals surface area contributed by atoms with Crippen molar-refractivity contribution in [3.05, 3.63) is 66.6 Å². The Bertz CT molecular complexity index is 511. The molecular weight excluding hydrogens is 376 g/mol. The first-order valence-electron chi connectivity index (χ1n) is 6.69. The quantitative estimate of drug-likeness (QED) is 0.461. The van der Waals surface area contributed by atoms with Crippen molar-refractivity contribution in [2.24, 2.45) is 0 Å². The molecule has 2 aromatic rings. The van der Waals surface area contributed by atoms with Gasteiger partial charge >= 0.3 is 0 Å². The van der Waals surface area contributed by atoms with E-state index < -0.39 is 0 Å². The van der Waals surface area contributed by atoms with E-state index >= 15 is 0 Å². The number of hydrogen-bond acceptors (Lipinski definition) is 0. The van der Waals surface area contributed by atoms with Gasteiger partial charge in [-0.3, -0.25) is 0 Å². The molecule has 0 heterocycles. The van der Waals surface area contributed by atoms with Gasteiger partial charge in [-0.2, -0.15) is 0 Å². The zero-order chi connectivity index (χ0) is 15.4. The third-order valence-electron chi connectivity index (χ3n) is 3.16. The fourth-order valence-electron chi connectivity index (χ4n) is 2.32. The first-order chi connectivity index (χ1) is 9.22. The Morgan fingerprint density at radius 3 is 0.900 bits per heavy atom. The standard InChI is InChI=1S/2C9H11Br/c2*1-6-4-7(2)9(10)8(3)5-6/h2*4-5H,1-3H3. The van der Waals surface area contributed by atoms with Gasteiger partial charge in [-0.05, 0) is 63.8 Å². The van der Waals surface area contributed by atoms with Crippen LogP contribution in [0.5, 0.6) is 0 Å². The van der Waals surface area contributed by atoms with Crippen LogP contribution in [0.4, 0.5) is 0 Å². The highest BCUT2D eigenvalue weighted by Crippen LogP contribution is 2.22. The lowest BCUT2D eigenvalue weighted by Crippen LogP contribution is -1.82. The predicted octanol–water partition coefficient (Wildman–Crippen LogP) is 6.75. The minimum Gasteiger partial charge on any atom is -0.0552 e. The summed E-state index contributed by atoms with van der Waals surface area (Å²) in [5.74, 6) is 0. The molecule has 0 fully saturated rings. The van der Waals surface area contributed by atoms with E-state index in [1.807, 2.05) is 0 Å². The molecule has 0 radical (unpaired) electrons. The predicted molar refractivity (Wildman–Crippen MR) is 96.7 cm³/mol. The molecule has 2 heteroatoms. The van der Waals surface area contributed by atoms with Crippen molar-refractivity contribution < 1.29 is 0 Å². The molecule has 0 aliphatic rings. The highest BCUT2D eigenvalue weighted by Gasteiger charge is 1.98. The smallest absolute Gasteiger partial charge is 0.0233 e. The first-order valence-corrected chi connectivity index (χ1v) is 8.27. The Balaban J connectivity index is 0.000000200. The molecule has 2 rings (SSSR count). The van der Waals surface area contributed by atoms with Crippen molar-refractivity contribution in [1.29, 1.82) is 0 Å². The van der Waals surface area contributed by atoms with Gasteiger partial charge in [-0.25, -0.2) is 0 Å². The molecule has 0 saturated heterocycles. The molecule has 0 saturated carbocycles. The lowest BCUT2D eigenvalue weighted by Gasteiger charge is -2.03. The third kappa shape index (κ3) is 4.75. The van der Waals surface area contributed by atoms with Gasteiger partial charge in [0, 0.05) is 8.95 Å². The van der Waals surface area contributed by atoms with E-state index in [9.17, 15) is 0 Å². The van der Waals surface area contributed by atoms with E-state index in [2.05, 4.69) is 97.7 Å². The van der Waals surface area contributed by atoms with Gasteiger partial charge < -0.3 is 0 Å². The van der Waals surface area contributed by atoms with Crippen molar-refractivity contribution in [3.8, 4) is 0 Å². The van der Waals surface area contributed by atoms with Crippen molar-refractivity contribution in [3.63, 3.8) is 0 Å². The molecule has 2 aromatic carbocycles. The second kappa shape index (κ2) is 7.42. The summed E-state index contributed by atoms with van der Waals surface area (Å²) in [6, 6.07) is 8.71. The topological polar surface area (TPSA) is 0 Å². The number of aryl methyl sites for hydroxylation is 6. The zero-order valence-corrected chi connectivity index (χ0v) is 16.2. The monoisotopic (exact) mass is 396 g/mol. The number of rotatable bonds is 0. The molecule has 108 valence electrons. The fourth-order valence-corrected chi connectivity index (χ4v) is 2.78. The molecule has 0 aliphatic carbocycles.